The molecule has 0 heterocycles. The standard InChI is InChI=1S/C23H19FO8/c24-19-14(9-17(27)21(29)22(19)30)23(31)32-18-8-11-4-2-1-3-10(11)5-13(18)12-6-15(25)20(28)16(26)7-12/h1-4,6-7,9,13,18,25-30H,5,8H2. The molecule has 0 radical (unpaired) electrons. The molecule has 0 aromatic heterocycles. The van der Waals surface area contributed by atoms with Crippen molar-refractivity contribution in [2.75, 3.05) is 0 Å². The fourth-order valence-electron chi connectivity index (χ4n) is 3.95. The van der Waals surface area contributed by atoms with Crippen molar-refractivity contribution < 1.29 is 44.6 Å². The first-order valence-corrected chi connectivity index (χ1v) is 9.63. The lowest BCUT2D eigenvalue weighted by atomic mass is 9.78. The van der Waals surface area contributed by atoms with Gasteiger partial charge >= 0.3 is 5.97 Å². The highest BCUT2D eigenvalue weighted by molar-refractivity contribution is 5.91. The maximum atomic E-state index is 14.3. The first kappa shape index (κ1) is 21.1. The molecule has 4 rings (SSSR count). The van der Waals surface area contributed by atoms with Gasteiger partial charge in [-0.3, -0.25) is 0 Å². The van der Waals surface area contributed by atoms with Crippen LogP contribution in [0, 0.1) is 5.82 Å². The molecule has 0 spiro atoms. The zero-order chi connectivity index (χ0) is 23.2. The van der Waals surface area contributed by atoms with E-state index in [4.69, 9.17) is 4.74 Å². The van der Waals surface area contributed by atoms with Crippen LogP contribution in [0.3, 0.4) is 0 Å². The molecule has 0 aliphatic heterocycles. The van der Waals surface area contributed by atoms with Crippen LogP contribution in [0.25, 0.3) is 0 Å². The Morgan fingerprint density at radius 1 is 0.812 bits per heavy atom. The Labute approximate surface area is 181 Å². The monoisotopic (exact) mass is 442 g/mol. The lowest BCUT2D eigenvalue weighted by Gasteiger charge is -2.33. The summed E-state index contributed by atoms with van der Waals surface area (Å²) >= 11 is 0. The lowest BCUT2D eigenvalue weighted by molar-refractivity contribution is 0.0209. The van der Waals surface area contributed by atoms with Gasteiger partial charge in [-0.05, 0) is 35.2 Å². The Hall–Kier alpha value is -4.14. The highest BCUT2D eigenvalue weighted by Crippen LogP contribution is 2.43. The van der Waals surface area contributed by atoms with Gasteiger partial charge in [0.25, 0.3) is 0 Å². The average Bonchev–Trinajstić information content (AvgIpc) is 2.77. The molecule has 2 atom stereocenters. The van der Waals surface area contributed by atoms with Gasteiger partial charge in [0.05, 0.1) is 0 Å². The molecular weight excluding hydrogens is 423 g/mol. The zero-order valence-electron chi connectivity index (χ0n) is 16.5. The molecular formula is C23H19FO8. The second-order valence-corrected chi connectivity index (χ2v) is 7.59. The maximum Gasteiger partial charge on any atom is 0.341 e. The van der Waals surface area contributed by atoms with Crippen molar-refractivity contribution in [3.8, 4) is 34.5 Å². The molecule has 0 amide bonds. The number of carbonyl (C=O) groups excluding carboxylic acids is 1. The number of carbonyl (C=O) groups is 1. The summed E-state index contributed by atoms with van der Waals surface area (Å²) in [6, 6.07) is 10.5. The second-order valence-electron chi connectivity index (χ2n) is 7.59. The van der Waals surface area contributed by atoms with E-state index in [0.717, 1.165) is 11.1 Å². The van der Waals surface area contributed by atoms with Crippen molar-refractivity contribution in [3.05, 3.63) is 70.5 Å². The minimum Gasteiger partial charge on any atom is -0.504 e. The van der Waals surface area contributed by atoms with Crippen LogP contribution in [0.5, 0.6) is 34.5 Å². The lowest BCUT2D eigenvalue weighted by Crippen LogP contribution is -2.33. The third-order valence-electron chi connectivity index (χ3n) is 5.62. The van der Waals surface area contributed by atoms with Crippen molar-refractivity contribution in [2.24, 2.45) is 0 Å². The largest absolute Gasteiger partial charge is 0.504 e. The summed E-state index contributed by atoms with van der Waals surface area (Å²) in [7, 11) is 0. The Bertz CT molecular complexity index is 1200. The number of esters is 1. The van der Waals surface area contributed by atoms with Gasteiger partial charge in [0.2, 0.25) is 5.75 Å². The van der Waals surface area contributed by atoms with Crippen LogP contribution >= 0.6 is 0 Å². The second kappa shape index (κ2) is 7.84. The number of benzene rings is 3. The highest BCUT2D eigenvalue weighted by atomic mass is 19.1. The molecule has 0 fully saturated rings. The van der Waals surface area contributed by atoms with Crippen LogP contribution in [-0.2, 0) is 17.6 Å². The summed E-state index contributed by atoms with van der Waals surface area (Å²) in [5.74, 6) is -8.27. The normalized spacial score (nSPS) is 17.5. The molecule has 6 N–H and O–H groups in total. The van der Waals surface area contributed by atoms with E-state index in [2.05, 4.69) is 0 Å². The van der Waals surface area contributed by atoms with Crippen molar-refractivity contribution in [3.63, 3.8) is 0 Å². The van der Waals surface area contributed by atoms with Gasteiger partial charge in [-0.25, -0.2) is 9.18 Å². The van der Waals surface area contributed by atoms with E-state index in [0.29, 0.717) is 18.1 Å². The smallest absolute Gasteiger partial charge is 0.341 e. The molecule has 1 aliphatic carbocycles. The van der Waals surface area contributed by atoms with E-state index in [-0.39, 0.29) is 6.42 Å². The molecule has 32 heavy (non-hydrogen) atoms. The Morgan fingerprint density at radius 3 is 2.00 bits per heavy atom. The fourth-order valence-corrected chi connectivity index (χ4v) is 3.95. The Balaban J connectivity index is 1.73. The van der Waals surface area contributed by atoms with Crippen molar-refractivity contribution in [1.29, 1.82) is 0 Å². The van der Waals surface area contributed by atoms with Gasteiger partial charge < -0.3 is 35.4 Å². The van der Waals surface area contributed by atoms with Crippen molar-refractivity contribution >= 4 is 5.97 Å². The Kier molecular flexibility index (Phi) is 5.17. The minimum absolute atomic E-state index is 0.229. The first-order chi connectivity index (χ1) is 15.2. The predicted octanol–water partition coefficient (Wildman–Crippen LogP) is 3.17. The number of hydrogen-bond acceptors (Lipinski definition) is 8. The van der Waals surface area contributed by atoms with Gasteiger partial charge in [-0.1, -0.05) is 24.3 Å². The molecule has 3 aromatic rings. The number of rotatable bonds is 3. The van der Waals surface area contributed by atoms with Crippen LogP contribution < -0.4 is 0 Å². The van der Waals surface area contributed by atoms with E-state index in [1.54, 1.807) is 0 Å². The van der Waals surface area contributed by atoms with Crippen LogP contribution in [0.15, 0.2) is 42.5 Å². The molecule has 8 nitrogen and oxygen atoms in total. The van der Waals surface area contributed by atoms with Crippen LogP contribution in [0.4, 0.5) is 4.39 Å². The van der Waals surface area contributed by atoms with Crippen LogP contribution in [-0.4, -0.2) is 42.7 Å². The highest BCUT2D eigenvalue weighted by Gasteiger charge is 2.35. The Morgan fingerprint density at radius 2 is 1.38 bits per heavy atom. The van der Waals surface area contributed by atoms with E-state index in [1.807, 2.05) is 24.3 Å². The number of halogens is 1. The molecule has 3 aromatic carbocycles. The summed E-state index contributed by atoms with van der Waals surface area (Å²) in [6.07, 6.45) is -0.294. The van der Waals surface area contributed by atoms with E-state index in [9.17, 15) is 39.8 Å². The first-order valence-electron chi connectivity index (χ1n) is 9.63. The minimum atomic E-state index is -1.45. The molecule has 166 valence electrons. The summed E-state index contributed by atoms with van der Waals surface area (Å²) < 4.78 is 19.9. The summed E-state index contributed by atoms with van der Waals surface area (Å²) in [6.45, 7) is 0. The molecule has 0 bridgehead atoms. The zero-order valence-corrected chi connectivity index (χ0v) is 16.5. The topological polar surface area (TPSA) is 148 Å². The van der Waals surface area contributed by atoms with Crippen LogP contribution in [0.1, 0.15) is 33.0 Å². The molecule has 0 saturated heterocycles. The van der Waals surface area contributed by atoms with Crippen molar-refractivity contribution in [2.45, 2.75) is 24.9 Å². The molecule has 2 unspecified atom stereocenters. The van der Waals surface area contributed by atoms with Gasteiger partial charge in [-0.15, -0.1) is 0 Å². The molecule has 1 aliphatic rings. The van der Waals surface area contributed by atoms with Crippen molar-refractivity contribution in [1.82, 2.24) is 0 Å². The quantitative estimate of drug-likeness (QED) is 0.268. The molecule has 0 saturated carbocycles. The van der Waals surface area contributed by atoms with E-state index in [1.165, 1.54) is 12.1 Å². The third-order valence-corrected chi connectivity index (χ3v) is 5.62. The van der Waals surface area contributed by atoms with Gasteiger partial charge in [0.15, 0.2) is 34.6 Å². The summed E-state index contributed by atoms with van der Waals surface area (Å²) in [5, 5.41) is 58.2. The van der Waals surface area contributed by atoms with Gasteiger partial charge in [0.1, 0.15) is 11.7 Å². The SMILES string of the molecule is O=C(OC1Cc2ccccc2CC1c1cc(O)c(O)c(O)c1)c1cc(O)c(O)c(O)c1F. The van der Waals surface area contributed by atoms with Gasteiger partial charge in [0, 0.05) is 18.4 Å². The number of ether oxygens (including phenoxy) is 1. The number of aromatic hydroxyl groups is 6. The average molecular weight is 442 g/mol. The van der Waals surface area contributed by atoms with E-state index < -0.39 is 63.9 Å². The summed E-state index contributed by atoms with van der Waals surface area (Å²) in [4.78, 5) is 12.7. The number of fused-ring (bicyclic) bond motifs is 1. The van der Waals surface area contributed by atoms with Crippen LogP contribution in [0.2, 0.25) is 0 Å². The fraction of sp³-hybridized carbons (Fsp3) is 0.174. The maximum absolute atomic E-state index is 14.3. The predicted molar refractivity (Wildman–Crippen MR) is 109 cm³/mol. The summed E-state index contributed by atoms with van der Waals surface area (Å²) in [5.41, 5.74) is 1.43. The third kappa shape index (κ3) is 3.58. The number of hydrogen-bond donors (Lipinski definition) is 6. The van der Waals surface area contributed by atoms with Gasteiger partial charge in [-0.2, -0.15) is 0 Å². The molecule has 9 heteroatoms. The number of phenolic OH excluding ortho intramolecular Hbond substituents is 6. The number of phenols is 6. The van der Waals surface area contributed by atoms with E-state index >= 15 is 0 Å².